The number of allylic oxidation sites excluding steroid dienone is 2. The number of unbranched alkanes of at least 4 members (excludes halogenated alkanes) is 2. The van der Waals surface area contributed by atoms with Gasteiger partial charge in [0.15, 0.2) is 0 Å². The monoisotopic (exact) mass is 1130 g/mol. The first-order valence-corrected chi connectivity index (χ1v) is 30.7. The Bertz CT molecular complexity index is 2690. The molecule has 2 heterocycles. The number of esters is 2. The van der Waals surface area contributed by atoms with Gasteiger partial charge >= 0.3 is 11.9 Å². The van der Waals surface area contributed by atoms with E-state index in [9.17, 15) is 19.8 Å². The van der Waals surface area contributed by atoms with E-state index < -0.39 is 23.4 Å². The van der Waals surface area contributed by atoms with Crippen LogP contribution < -0.4 is 19.3 Å². The number of fused-ring (bicyclic) bond motifs is 6. The van der Waals surface area contributed by atoms with Crippen LogP contribution in [0.2, 0.25) is 10.0 Å². The van der Waals surface area contributed by atoms with Crippen molar-refractivity contribution in [2.75, 3.05) is 49.2 Å². The minimum Gasteiger partial charge on any atom is -0.490 e. The molecule has 0 radical (unpaired) electrons. The fraction of sp³-hybridized carbons (Fsp3) is 0.559. The summed E-state index contributed by atoms with van der Waals surface area (Å²) < 4.78 is 24.6. The maximum absolute atomic E-state index is 13.1. The topological polar surface area (TPSA) is 118 Å². The number of hydrogen-bond donors (Lipinski definition) is 2. The highest BCUT2D eigenvalue weighted by Crippen LogP contribution is 2.49. The zero-order chi connectivity index (χ0) is 57.0. The summed E-state index contributed by atoms with van der Waals surface area (Å²) in [6.45, 7) is 20.0. The molecule has 0 saturated heterocycles. The molecule has 2 N–H and O–H groups in total. The van der Waals surface area contributed by atoms with Crippen molar-refractivity contribution in [2.45, 2.75) is 180 Å². The van der Waals surface area contributed by atoms with Gasteiger partial charge in [-0.1, -0.05) is 86.3 Å². The average molecular weight is 1130 g/mol. The number of rotatable bonds is 14. The second-order valence-electron chi connectivity index (χ2n) is 26.0. The third-order valence-electron chi connectivity index (χ3n) is 17.7. The SMILES string of the molecule is CCC/C=C/[C@@H](O)[C@@H]1CC[C@H]1CN1CC2(CCCc3cc(Cl)ccc32)COc2ccc(C(=O)OC(C)(C)C)cc21.CCC/C=C/[C@H](O)[C@@H]1CC[C@H]1CN1CC2(CCCc3cc(Cl)ccc32)COc2ccc(C(=O)OC(C)(C)C)cc21. The van der Waals surface area contributed by atoms with Gasteiger partial charge in [0.05, 0.1) is 47.9 Å². The lowest BCUT2D eigenvalue weighted by Crippen LogP contribution is -2.49. The predicted molar refractivity (Wildman–Crippen MR) is 323 cm³/mol. The van der Waals surface area contributed by atoms with E-state index in [0.29, 0.717) is 36.2 Å². The molecule has 80 heavy (non-hydrogen) atoms. The molecule has 2 aliphatic heterocycles. The highest BCUT2D eigenvalue weighted by Gasteiger charge is 2.46. The maximum Gasteiger partial charge on any atom is 0.338 e. The van der Waals surface area contributed by atoms with E-state index >= 15 is 0 Å². The van der Waals surface area contributed by atoms with Crippen LogP contribution in [0.15, 0.2) is 97.1 Å². The third-order valence-corrected chi connectivity index (χ3v) is 18.1. The molecule has 0 amide bonds. The highest BCUT2D eigenvalue weighted by molar-refractivity contribution is 6.31. The normalized spacial score (nSPS) is 25.0. The first-order valence-electron chi connectivity index (χ1n) is 29.9. The van der Waals surface area contributed by atoms with Gasteiger partial charge in [-0.2, -0.15) is 0 Å². The Hall–Kier alpha value is -5.00. The van der Waals surface area contributed by atoms with Gasteiger partial charge in [-0.15, -0.1) is 0 Å². The maximum atomic E-state index is 13.1. The average Bonchev–Trinajstić information content (AvgIpc) is 3.67. The van der Waals surface area contributed by atoms with E-state index in [0.717, 1.165) is 149 Å². The zero-order valence-corrected chi connectivity index (χ0v) is 50.3. The molecule has 0 aromatic heterocycles. The van der Waals surface area contributed by atoms with Crippen LogP contribution in [0.1, 0.15) is 175 Å². The number of anilines is 2. The Balaban J connectivity index is 0.000000194. The molecule has 4 aromatic carbocycles. The third kappa shape index (κ3) is 13.9. The first kappa shape index (κ1) is 59.6. The summed E-state index contributed by atoms with van der Waals surface area (Å²) in [4.78, 5) is 31.0. The summed E-state index contributed by atoms with van der Waals surface area (Å²) >= 11 is 12.8. The summed E-state index contributed by atoms with van der Waals surface area (Å²) in [6.07, 6.45) is 22.0. The van der Waals surface area contributed by atoms with Crippen LogP contribution in [-0.2, 0) is 33.1 Å². The lowest BCUT2D eigenvalue weighted by molar-refractivity contribution is 0.00570. The molecule has 2 unspecified atom stereocenters. The van der Waals surface area contributed by atoms with Gasteiger partial charge in [-0.25, -0.2) is 9.59 Å². The Morgan fingerprint density at radius 1 is 0.625 bits per heavy atom. The van der Waals surface area contributed by atoms with Crippen molar-refractivity contribution in [1.82, 2.24) is 0 Å². The Morgan fingerprint density at radius 3 is 1.40 bits per heavy atom. The molecule has 8 atom stereocenters. The molecule has 0 bridgehead atoms. The van der Waals surface area contributed by atoms with Crippen LogP contribution in [0, 0.1) is 23.7 Å². The summed E-state index contributed by atoms with van der Waals surface area (Å²) in [5, 5.41) is 23.5. The predicted octanol–water partition coefficient (Wildman–Crippen LogP) is 15.0. The van der Waals surface area contributed by atoms with E-state index in [4.69, 9.17) is 42.1 Å². The Morgan fingerprint density at radius 2 is 1.04 bits per heavy atom. The second-order valence-corrected chi connectivity index (χ2v) is 26.9. The highest BCUT2D eigenvalue weighted by atomic mass is 35.5. The number of nitrogens with zero attached hydrogens (tertiary/aromatic N) is 2. The minimum absolute atomic E-state index is 0.178. The zero-order valence-electron chi connectivity index (χ0n) is 48.8. The van der Waals surface area contributed by atoms with Crippen molar-refractivity contribution in [3.63, 3.8) is 0 Å². The number of ether oxygens (including phenoxy) is 4. The van der Waals surface area contributed by atoms with Crippen LogP contribution in [-0.4, -0.2) is 85.0 Å². The van der Waals surface area contributed by atoms with Crippen LogP contribution in [0.25, 0.3) is 0 Å². The number of benzene rings is 4. The van der Waals surface area contributed by atoms with Crippen molar-refractivity contribution in [3.8, 4) is 11.5 Å². The molecule has 4 aliphatic carbocycles. The van der Waals surface area contributed by atoms with Crippen molar-refractivity contribution in [1.29, 1.82) is 0 Å². The van der Waals surface area contributed by atoms with Crippen molar-refractivity contribution in [3.05, 3.63) is 141 Å². The molecule has 10 nitrogen and oxygen atoms in total. The molecule has 4 aromatic rings. The Kier molecular flexibility index (Phi) is 18.8. The van der Waals surface area contributed by atoms with E-state index in [-0.39, 0.29) is 34.6 Å². The lowest BCUT2D eigenvalue weighted by Gasteiger charge is -2.45. The van der Waals surface area contributed by atoms with Gasteiger partial charge < -0.3 is 39.0 Å². The number of aryl methyl sites for hydroxylation is 2. The smallest absolute Gasteiger partial charge is 0.338 e. The molecule has 2 saturated carbocycles. The molecular weight excluding hydrogens is 1040 g/mol. The molecule has 2 fully saturated rings. The van der Waals surface area contributed by atoms with Crippen LogP contribution in [0.3, 0.4) is 0 Å². The largest absolute Gasteiger partial charge is 0.490 e. The van der Waals surface area contributed by atoms with Gasteiger partial charge in [0.1, 0.15) is 22.7 Å². The molecule has 6 aliphatic rings. The van der Waals surface area contributed by atoms with E-state index in [1.54, 1.807) is 0 Å². The second kappa shape index (κ2) is 25.2. The van der Waals surface area contributed by atoms with Crippen LogP contribution >= 0.6 is 23.2 Å². The van der Waals surface area contributed by atoms with Gasteiger partial charge in [0.2, 0.25) is 0 Å². The first-order chi connectivity index (χ1) is 38.2. The van der Waals surface area contributed by atoms with Crippen molar-refractivity contribution in [2.24, 2.45) is 23.7 Å². The number of aliphatic hydroxyl groups excluding tert-OH is 2. The van der Waals surface area contributed by atoms with E-state index in [2.05, 4.69) is 60.1 Å². The summed E-state index contributed by atoms with van der Waals surface area (Å²) in [5.74, 6) is 2.14. The summed E-state index contributed by atoms with van der Waals surface area (Å²) in [7, 11) is 0. The lowest BCUT2D eigenvalue weighted by atomic mass is 9.68. The molecule has 2 spiro atoms. The van der Waals surface area contributed by atoms with Crippen LogP contribution in [0.5, 0.6) is 11.5 Å². The van der Waals surface area contributed by atoms with Crippen molar-refractivity contribution >= 4 is 46.5 Å². The number of carbonyl (C=O) groups is 2. The summed E-state index contributed by atoms with van der Waals surface area (Å²) in [5.41, 5.74) is 6.68. The molecule has 10 rings (SSSR count). The number of carbonyl (C=O) groups excluding carboxylic acids is 2. The van der Waals surface area contributed by atoms with Gasteiger partial charge in [-0.3, -0.25) is 0 Å². The molecule has 12 heteroatoms. The fourth-order valence-electron chi connectivity index (χ4n) is 13.4. The number of halogens is 2. The number of aliphatic hydroxyl groups is 2. The van der Waals surface area contributed by atoms with Gasteiger partial charge in [0, 0.05) is 47.1 Å². The van der Waals surface area contributed by atoms with Crippen LogP contribution in [0.4, 0.5) is 11.4 Å². The van der Waals surface area contributed by atoms with Crippen molar-refractivity contribution < 1.29 is 38.7 Å². The minimum atomic E-state index is -0.572. The van der Waals surface area contributed by atoms with Gasteiger partial charge in [0.25, 0.3) is 0 Å². The molecular formula is C68H88Cl2N2O8. The summed E-state index contributed by atoms with van der Waals surface area (Å²) in [6, 6.07) is 24.0. The van der Waals surface area contributed by atoms with E-state index in [1.807, 2.05) is 102 Å². The number of hydrogen-bond acceptors (Lipinski definition) is 10. The fourth-order valence-corrected chi connectivity index (χ4v) is 13.7. The van der Waals surface area contributed by atoms with Gasteiger partial charge in [-0.05, 0) is 225 Å². The Labute approximate surface area is 487 Å². The standard InChI is InChI=1S/2C34H44ClNO4/c2*1-5-6-7-10-30(37)27-14-11-25(27)20-36-21-34(17-8-9-23-18-26(35)13-15-28(23)34)22-39-31-16-12-24(19-29(31)36)32(38)40-33(2,3)4/h2*7,10,12-13,15-16,18-19,25,27,30,37H,5-6,8-9,11,14,17,20-22H2,1-4H3/b2*10-7+/t25-,27+,30+,34?;25-,27+,30-,34?/m00/s1. The molecule has 432 valence electrons. The quantitative estimate of drug-likeness (QED) is 0.0933. The van der Waals surface area contributed by atoms with E-state index in [1.165, 1.54) is 22.3 Å².